The van der Waals surface area contributed by atoms with Gasteiger partial charge in [-0.1, -0.05) is 32.4 Å². The molecule has 15 heavy (non-hydrogen) atoms. The Labute approximate surface area is 95.9 Å². The third-order valence-electron chi connectivity index (χ3n) is 2.80. The highest BCUT2D eigenvalue weighted by Gasteiger charge is 2.01. The first-order chi connectivity index (χ1) is 7.33. The highest BCUT2D eigenvalue weighted by Crippen LogP contribution is 2.27. The van der Waals surface area contributed by atoms with E-state index in [-0.39, 0.29) is 0 Å². The minimum absolute atomic E-state index is 1.16. The number of unbranched alkanes of at least 4 members (excludes halogenated alkanes) is 1. The van der Waals surface area contributed by atoms with Gasteiger partial charge in [0.15, 0.2) is 0 Å². The van der Waals surface area contributed by atoms with E-state index < -0.39 is 0 Å². The van der Waals surface area contributed by atoms with Crippen LogP contribution in [0.25, 0.3) is 10.1 Å². The SMILES string of the molecule is CCCCc1ccc2cc(CC)sc2c1. The summed E-state index contributed by atoms with van der Waals surface area (Å²) in [5, 5.41) is 1.41. The first-order valence-corrected chi connectivity index (χ1v) is 6.66. The molecule has 0 amide bonds. The largest absolute Gasteiger partial charge is 0.140 e. The van der Waals surface area contributed by atoms with Gasteiger partial charge in [-0.25, -0.2) is 0 Å². The van der Waals surface area contributed by atoms with E-state index in [1.165, 1.54) is 39.8 Å². The predicted molar refractivity (Wildman–Crippen MR) is 69.8 cm³/mol. The topological polar surface area (TPSA) is 0 Å². The van der Waals surface area contributed by atoms with Gasteiger partial charge >= 0.3 is 0 Å². The van der Waals surface area contributed by atoms with Gasteiger partial charge in [0.1, 0.15) is 0 Å². The fourth-order valence-corrected chi connectivity index (χ4v) is 2.91. The molecule has 0 saturated heterocycles. The van der Waals surface area contributed by atoms with Gasteiger partial charge in [-0.3, -0.25) is 0 Å². The Morgan fingerprint density at radius 2 is 2.00 bits per heavy atom. The summed E-state index contributed by atoms with van der Waals surface area (Å²) in [6.07, 6.45) is 4.97. The molecule has 1 heterocycles. The second kappa shape index (κ2) is 4.80. The summed E-state index contributed by atoms with van der Waals surface area (Å²) >= 11 is 1.94. The maximum Gasteiger partial charge on any atom is 0.0348 e. The third kappa shape index (κ3) is 2.40. The van der Waals surface area contributed by atoms with Gasteiger partial charge < -0.3 is 0 Å². The van der Waals surface area contributed by atoms with Crippen molar-refractivity contribution in [1.82, 2.24) is 0 Å². The summed E-state index contributed by atoms with van der Waals surface area (Å²) < 4.78 is 1.46. The van der Waals surface area contributed by atoms with Crippen molar-refractivity contribution in [3.8, 4) is 0 Å². The third-order valence-corrected chi connectivity index (χ3v) is 4.05. The molecule has 0 fully saturated rings. The lowest BCUT2D eigenvalue weighted by atomic mass is 10.1. The van der Waals surface area contributed by atoms with E-state index in [1.807, 2.05) is 11.3 Å². The molecule has 1 aromatic carbocycles. The number of thiophene rings is 1. The maximum atomic E-state index is 2.37. The summed E-state index contributed by atoms with van der Waals surface area (Å²) in [5.41, 5.74) is 1.49. The van der Waals surface area contributed by atoms with Gasteiger partial charge in [-0.2, -0.15) is 0 Å². The molecule has 0 aliphatic heterocycles. The molecule has 0 unspecified atom stereocenters. The number of benzene rings is 1. The van der Waals surface area contributed by atoms with Gasteiger partial charge in [0, 0.05) is 9.58 Å². The number of fused-ring (bicyclic) bond motifs is 1. The molecule has 0 N–H and O–H groups in total. The van der Waals surface area contributed by atoms with E-state index in [4.69, 9.17) is 0 Å². The molecule has 0 saturated carbocycles. The number of rotatable bonds is 4. The molecule has 0 spiro atoms. The van der Waals surface area contributed by atoms with Crippen LogP contribution in [-0.2, 0) is 12.8 Å². The quantitative estimate of drug-likeness (QED) is 0.691. The van der Waals surface area contributed by atoms with Crippen LogP contribution < -0.4 is 0 Å². The first-order valence-electron chi connectivity index (χ1n) is 5.84. The Morgan fingerprint density at radius 1 is 1.13 bits per heavy atom. The molecule has 0 bridgehead atoms. The van der Waals surface area contributed by atoms with Crippen molar-refractivity contribution in [3.05, 3.63) is 34.7 Å². The van der Waals surface area contributed by atoms with Crippen LogP contribution in [0.3, 0.4) is 0 Å². The molecule has 0 nitrogen and oxygen atoms in total. The van der Waals surface area contributed by atoms with E-state index in [2.05, 4.69) is 38.1 Å². The number of hydrogen-bond acceptors (Lipinski definition) is 1. The maximum absolute atomic E-state index is 2.37. The molecule has 1 aromatic heterocycles. The Hall–Kier alpha value is -0.820. The average Bonchev–Trinajstić information content (AvgIpc) is 2.68. The minimum atomic E-state index is 1.16. The molecule has 2 rings (SSSR count). The zero-order valence-electron chi connectivity index (χ0n) is 9.55. The highest BCUT2D eigenvalue weighted by molar-refractivity contribution is 7.19. The zero-order chi connectivity index (χ0) is 10.7. The Kier molecular flexibility index (Phi) is 3.42. The smallest absolute Gasteiger partial charge is 0.0348 e. The van der Waals surface area contributed by atoms with E-state index in [0.29, 0.717) is 0 Å². The lowest BCUT2D eigenvalue weighted by Gasteiger charge is -1.99. The summed E-state index contributed by atoms with van der Waals surface area (Å²) in [7, 11) is 0. The molecule has 0 radical (unpaired) electrons. The van der Waals surface area contributed by atoms with Gasteiger partial charge in [0.25, 0.3) is 0 Å². The summed E-state index contributed by atoms with van der Waals surface area (Å²) in [6, 6.07) is 9.25. The van der Waals surface area contributed by atoms with E-state index in [1.54, 1.807) is 0 Å². The molecule has 0 aliphatic rings. The van der Waals surface area contributed by atoms with Gasteiger partial charge in [0.05, 0.1) is 0 Å². The van der Waals surface area contributed by atoms with Crippen LogP contribution in [0.5, 0.6) is 0 Å². The fourth-order valence-electron chi connectivity index (χ4n) is 1.84. The van der Waals surface area contributed by atoms with Crippen LogP contribution in [0, 0.1) is 0 Å². The summed E-state index contributed by atoms with van der Waals surface area (Å²) in [6.45, 7) is 4.47. The monoisotopic (exact) mass is 218 g/mol. The van der Waals surface area contributed by atoms with E-state index in [9.17, 15) is 0 Å². The van der Waals surface area contributed by atoms with Crippen LogP contribution in [0.4, 0.5) is 0 Å². The van der Waals surface area contributed by atoms with Crippen molar-refractivity contribution in [2.24, 2.45) is 0 Å². The van der Waals surface area contributed by atoms with Crippen LogP contribution in [0.1, 0.15) is 37.1 Å². The molecule has 80 valence electrons. The summed E-state index contributed by atoms with van der Waals surface area (Å²) in [5.74, 6) is 0. The number of aryl methyl sites for hydroxylation is 2. The van der Waals surface area contributed by atoms with Crippen molar-refractivity contribution in [3.63, 3.8) is 0 Å². The highest BCUT2D eigenvalue weighted by atomic mass is 32.1. The predicted octanol–water partition coefficient (Wildman–Crippen LogP) is 4.81. The van der Waals surface area contributed by atoms with Crippen LogP contribution >= 0.6 is 11.3 Å². The normalized spacial score (nSPS) is 11.1. The van der Waals surface area contributed by atoms with Crippen molar-refractivity contribution < 1.29 is 0 Å². The van der Waals surface area contributed by atoms with Crippen molar-refractivity contribution in [1.29, 1.82) is 0 Å². The number of hydrogen-bond donors (Lipinski definition) is 0. The van der Waals surface area contributed by atoms with Crippen LogP contribution in [-0.4, -0.2) is 0 Å². The van der Waals surface area contributed by atoms with Crippen molar-refractivity contribution >= 4 is 21.4 Å². The van der Waals surface area contributed by atoms with Gasteiger partial charge in [0.2, 0.25) is 0 Å². The second-order valence-corrected chi connectivity index (χ2v) is 5.21. The fraction of sp³-hybridized carbons (Fsp3) is 0.429. The molecule has 0 atom stereocenters. The zero-order valence-corrected chi connectivity index (χ0v) is 10.4. The average molecular weight is 218 g/mol. The molecule has 2 aromatic rings. The van der Waals surface area contributed by atoms with E-state index >= 15 is 0 Å². The Morgan fingerprint density at radius 3 is 2.73 bits per heavy atom. The van der Waals surface area contributed by atoms with Gasteiger partial charge in [-0.15, -0.1) is 11.3 Å². The van der Waals surface area contributed by atoms with Crippen LogP contribution in [0.2, 0.25) is 0 Å². The lowest BCUT2D eigenvalue weighted by molar-refractivity contribution is 0.796. The van der Waals surface area contributed by atoms with Crippen LogP contribution in [0.15, 0.2) is 24.3 Å². The molecule has 1 heteroatoms. The van der Waals surface area contributed by atoms with Crippen molar-refractivity contribution in [2.45, 2.75) is 39.5 Å². The second-order valence-electron chi connectivity index (χ2n) is 4.04. The van der Waals surface area contributed by atoms with Crippen molar-refractivity contribution in [2.75, 3.05) is 0 Å². The summed E-state index contributed by atoms with van der Waals surface area (Å²) in [4.78, 5) is 1.50. The molecule has 0 aliphatic carbocycles. The first kappa shape index (κ1) is 10.7. The molecular weight excluding hydrogens is 200 g/mol. The lowest BCUT2D eigenvalue weighted by Crippen LogP contribution is -1.82. The Bertz CT molecular complexity index is 440. The Balaban J connectivity index is 2.29. The van der Waals surface area contributed by atoms with E-state index in [0.717, 1.165) is 6.42 Å². The molecular formula is C14H18S. The van der Waals surface area contributed by atoms with Gasteiger partial charge in [-0.05, 0) is 42.3 Å². The minimum Gasteiger partial charge on any atom is -0.140 e. The standard InChI is InChI=1S/C14H18S/c1-3-5-6-11-7-8-12-10-13(4-2)15-14(12)9-11/h7-10H,3-6H2,1-2H3.